The maximum absolute atomic E-state index is 12.3. The van der Waals surface area contributed by atoms with Crippen molar-refractivity contribution < 1.29 is 14.3 Å². The van der Waals surface area contributed by atoms with Gasteiger partial charge in [0, 0.05) is 19.6 Å². The minimum Gasteiger partial charge on any atom is -0.378 e. The maximum atomic E-state index is 12.3. The Bertz CT molecular complexity index is 285. The van der Waals surface area contributed by atoms with Crippen molar-refractivity contribution in [1.29, 1.82) is 0 Å². The average Bonchev–Trinajstić information content (AvgIpc) is 2.74. The molecule has 0 aromatic heterocycles. The Morgan fingerprint density at radius 2 is 2.12 bits per heavy atom. The van der Waals surface area contributed by atoms with Gasteiger partial charge in [-0.1, -0.05) is 0 Å². The van der Waals surface area contributed by atoms with E-state index >= 15 is 0 Å². The lowest BCUT2D eigenvalue weighted by Gasteiger charge is -2.37. The number of morpholine rings is 1. The summed E-state index contributed by atoms with van der Waals surface area (Å²) in [7, 11) is 0. The van der Waals surface area contributed by atoms with Gasteiger partial charge in [0.2, 0.25) is 5.91 Å². The highest BCUT2D eigenvalue weighted by molar-refractivity contribution is 5.79. The van der Waals surface area contributed by atoms with E-state index in [0.717, 1.165) is 6.42 Å². The van der Waals surface area contributed by atoms with Crippen LogP contribution in [-0.2, 0) is 14.3 Å². The molecule has 0 aliphatic carbocycles. The highest BCUT2D eigenvalue weighted by Gasteiger charge is 2.35. The second-order valence-electron chi connectivity index (χ2n) is 5.12. The average molecular weight is 242 g/mol. The minimum absolute atomic E-state index is 0.0220. The second-order valence-corrected chi connectivity index (χ2v) is 5.12. The first-order chi connectivity index (χ1) is 8.10. The van der Waals surface area contributed by atoms with E-state index in [2.05, 4.69) is 0 Å². The molecule has 98 valence electrons. The lowest BCUT2D eigenvalue weighted by Crippen LogP contribution is -2.53. The molecule has 0 spiro atoms. The number of nitrogens with zero attached hydrogens (tertiary/aromatic N) is 1. The summed E-state index contributed by atoms with van der Waals surface area (Å²) in [5, 5.41) is 0. The molecule has 4 unspecified atom stereocenters. The number of carbonyl (C=O) groups excluding carboxylic acids is 1. The highest BCUT2D eigenvalue weighted by Crippen LogP contribution is 2.23. The summed E-state index contributed by atoms with van der Waals surface area (Å²) in [4.78, 5) is 14.2. The minimum atomic E-state index is -0.0255. The van der Waals surface area contributed by atoms with E-state index in [1.54, 1.807) is 0 Å². The van der Waals surface area contributed by atoms with E-state index in [1.165, 1.54) is 0 Å². The van der Waals surface area contributed by atoms with Gasteiger partial charge in [0.1, 0.15) is 0 Å². The summed E-state index contributed by atoms with van der Waals surface area (Å²) in [6.07, 6.45) is 1.08. The summed E-state index contributed by atoms with van der Waals surface area (Å²) >= 11 is 0. The fraction of sp³-hybridized carbons (Fsp3) is 0.917. The lowest BCUT2D eigenvalue weighted by atomic mass is 10.0. The molecule has 0 saturated carbocycles. The van der Waals surface area contributed by atoms with Gasteiger partial charge in [0.15, 0.2) is 0 Å². The number of nitrogens with two attached hydrogens (primary N) is 1. The Balaban J connectivity index is 1.94. The molecule has 17 heavy (non-hydrogen) atoms. The van der Waals surface area contributed by atoms with E-state index in [-0.39, 0.29) is 30.1 Å². The zero-order valence-electron chi connectivity index (χ0n) is 10.6. The summed E-state index contributed by atoms with van der Waals surface area (Å²) in [6, 6.07) is 0. The van der Waals surface area contributed by atoms with Crippen LogP contribution in [0.3, 0.4) is 0 Å². The molecular formula is C12H22N2O3. The number of carbonyl (C=O) groups is 1. The van der Waals surface area contributed by atoms with Gasteiger partial charge >= 0.3 is 0 Å². The summed E-state index contributed by atoms with van der Waals surface area (Å²) in [5.74, 6) is 0.219. The van der Waals surface area contributed by atoms with Crippen LogP contribution in [0.15, 0.2) is 0 Å². The van der Waals surface area contributed by atoms with E-state index in [0.29, 0.717) is 26.2 Å². The summed E-state index contributed by atoms with van der Waals surface area (Å²) in [5.41, 5.74) is 5.62. The Hall–Kier alpha value is -0.650. The number of ether oxygens (including phenoxy) is 2. The van der Waals surface area contributed by atoms with Gasteiger partial charge in [-0.15, -0.1) is 0 Å². The van der Waals surface area contributed by atoms with Crippen LogP contribution in [-0.4, -0.2) is 55.4 Å². The molecule has 2 aliphatic rings. The second kappa shape index (κ2) is 5.33. The first kappa shape index (κ1) is 12.8. The molecule has 2 aliphatic heterocycles. The molecule has 0 radical (unpaired) electrons. The van der Waals surface area contributed by atoms with E-state index in [9.17, 15) is 4.79 Å². The van der Waals surface area contributed by atoms with Gasteiger partial charge in [0.05, 0.1) is 30.8 Å². The molecule has 0 aromatic rings. The van der Waals surface area contributed by atoms with Crippen molar-refractivity contribution in [2.24, 2.45) is 11.7 Å². The van der Waals surface area contributed by atoms with Crippen LogP contribution < -0.4 is 5.73 Å². The molecule has 0 bridgehead atoms. The monoisotopic (exact) mass is 242 g/mol. The summed E-state index contributed by atoms with van der Waals surface area (Å²) < 4.78 is 11.1. The van der Waals surface area contributed by atoms with Gasteiger partial charge < -0.3 is 20.1 Å². The molecule has 2 N–H and O–H groups in total. The topological polar surface area (TPSA) is 64.8 Å². The number of amides is 1. The van der Waals surface area contributed by atoms with Crippen LogP contribution in [0, 0.1) is 5.92 Å². The largest absolute Gasteiger partial charge is 0.378 e. The van der Waals surface area contributed by atoms with Gasteiger partial charge in [-0.2, -0.15) is 0 Å². The summed E-state index contributed by atoms with van der Waals surface area (Å²) in [6.45, 7) is 6.29. The zero-order chi connectivity index (χ0) is 12.4. The fourth-order valence-electron chi connectivity index (χ4n) is 2.60. The van der Waals surface area contributed by atoms with Gasteiger partial charge in [0.25, 0.3) is 0 Å². The number of rotatable bonds is 2. The fourth-order valence-corrected chi connectivity index (χ4v) is 2.60. The zero-order valence-corrected chi connectivity index (χ0v) is 10.6. The van der Waals surface area contributed by atoms with Crippen LogP contribution in [0.2, 0.25) is 0 Å². The van der Waals surface area contributed by atoms with Crippen molar-refractivity contribution in [3.8, 4) is 0 Å². The molecule has 2 heterocycles. The van der Waals surface area contributed by atoms with E-state index in [4.69, 9.17) is 15.2 Å². The SMILES string of the molecule is CC1CC(C(=O)N2CC(C)OC(CN)C2)CO1. The van der Waals surface area contributed by atoms with Gasteiger partial charge in [-0.05, 0) is 20.3 Å². The Labute approximate surface area is 102 Å². The van der Waals surface area contributed by atoms with Crippen LogP contribution in [0.5, 0.6) is 0 Å². The van der Waals surface area contributed by atoms with Crippen molar-refractivity contribution in [1.82, 2.24) is 4.90 Å². The third-order valence-corrected chi connectivity index (χ3v) is 3.45. The molecule has 2 fully saturated rings. The van der Waals surface area contributed by atoms with Crippen molar-refractivity contribution in [2.75, 3.05) is 26.2 Å². The first-order valence-corrected chi connectivity index (χ1v) is 6.36. The highest BCUT2D eigenvalue weighted by atomic mass is 16.5. The smallest absolute Gasteiger partial charge is 0.228 e. The molecule has 0 aromatic carbocycles. The predicted molar refractivity (Wildman–Crippen MR) is 63.5 cm³/mol. The first-order valence-electron chi connectivity index (χ1n) is 6.36. The van der Waals surface area contributed by atoms with E-state index in [1.807, 2.05) is 18.7 Å². The Morgan fingerprint density at radius 3 is 2.71 bits per heavy atom. The molecule has 5 heteroatoms. The molecule has 1 amide bonds. The molecular weight excluding hydrogens is 220 g/mol. The van der Waals surface area contributed by atoms with Gasteiger partial charge in [-0.25, -0.2) is 0 Å². The Kier molecular flexibility index (Phi) is 4.01. The molecule has 4 atom stereocenters. The van der Waals surface area contributed by atoms with Crippen molar-refractivity contribution in [2.45, 2.75) is 38.6 Å². The van der Waals surface area contributed by atoms with Gasteiger partial charge in [-0.3, -0.25) is 4.79 Å². The molecule has 2 rings (SSSR count). The number of hydrogen-bond acceptors (Lipinski definition) is 4. The third kappa shape index (κ3) is 2.97. The van der Waals surface area contributed by atoms with Crippen LogP contribution in [0.25, 0.3) is 0 Å². The number of hydrogen-bond donors (Lipinski definition) is 1. The van der Waals surface area contributed by atoms with E-state index < -0.39 is 0 Å². The molecule has 2 saturated heterocycles. The molecule has 5 nitrogen and oxygen atoms in total. The van der Waals surface area contributed by atoms with Crippen molar-refractivity contribution >= 4 is 5.91 Å². The predicted octanol–water partition coefficient (Wildman–Crippen LogP) is -0.0140. The Morgan fingerprint density at radius 1 is 1.35 bits per heavy atom. The van der Waals surface area contributed by atoms with Crippen LogP contribution >= 0.6 is 0 Å². The van der Waals surface area contributed by atoms with Crippen molar-refractivity contribution in [3.05, 3.63) is 0 Å². The quantitative estimate of drug-likeness (QED) is 0.739. The normalized spacial score (nSPS) is 38.4. The van der Waals surface area contributed by atoms with Crippen molar-refractivity contribution in [3.63, 3.8) is 0 Å². The third-order valence-electron chi connectivity index (χ3n) is 3.45. The van der Waals surface area contributed by atoms with Crippen LogP contribution in [0.1, 0.15) is 20.3 Å². The maximum Gasteiger partial charge on any atom is 0.228 e. The van der Waals surface area contributed by atoms with Crippen LogP contribution in [0.4, 0.5) is 0 Å². The lowest BCUT2D eigenvalue weighted by molar-refractivity contribution is -0.147. The standard InChI is InChI=1S/C12H22N2O3/c1-8-3-10(7-16-8)12(15)14-5-9(2)17-11(4-13)6-14/h8-11H,3-7,13H2,1-2H3.